The average Bonchev–Trinajstić information content (AvgIpc) is 3.15. The van der Waals surface area contributed by atoms with Crippen LogP contribution in [0.15, 0.2) is 21.6 Å². The standard InChI is InChI=1S/C25H35N3O4S/c1-7-27(8-2)25(29)21-10-9-13-28(16-21)33(30,31)24-20(6)26-32-23(24)12-11-22-18(4)14-17(3)15-19(22)5/h11-12,14-15,21H,7-10,13,16H2,1-6H3/b12-11+/t21-/m0/s1. The highest BCUT2D eigenvalue weighted by molar-refractivity contribution is 7.89. The molecule has 33 heavy (non-hydrogen) atoms. The van der Waals surface area contributed by atoms with Crippen molar-refractivity contribution >= 4 is 28.1 Å². The summed E-state index contributed by atoms with van der Waals surface area (Å²) in [6, 6.07) is 4.19. The van der Waals surface area contributed by atoms with Gasteiger partial charge in [0.1, 0.15) is 5.69 Å². The molecule has 1 amide bonds. The van der Waals surface area contributed by atoms with E-state index in [0.717, 1.165) is 16.7 Å². The lowest BCUT2D eigenvalue weighted by Crippen LogP contribution is -2.46. The van der Waals surface area contributed by atoms with Crippen LogP contribution in [-0.2, 0) is 14.8 Å². The molecule has 0 bridgehead atoms. The fraction of sp³-hybridized carbons (Fsp3) is 0.520. The van der Waals surface area contributed by atoms with Crippen molar-refractivity contribution in [1.29, 1.82) is 0 Å². The first-order valence-electron chi connectivity index (χ1n) is 11.6. The summed E-state index contributed by atoms with van der Waals surface area (Å²) in [6.07, 6.45) is 4.91. The fourth-order valence-electron chi connectivity index (χ4n) is 4.70. The van der Waals surface area contributed by atoms with Crippen LogP contribution in [0, 0.1) is 33.6 Å². The Morgan fingerprint density at radius 2 is 1.79 bits per heavy atom. The van der Waals surface area contributed by atoms with Gasteiger partial charge < -0.3 is 9.42 Å². The summed E-state index contributed by atoms with van der Waals surface area (Å²) in [7, 11) is -3.86. The quantitative estimate of drug-likeness (QED) is 0.597. The molecule has 7 nitrogen and oxygen atoms in total. The molecule has 0 radical (unpaired) electrons. The van der Waals surface area contributed by atoms with Crippen molar-refractivity contribution in [3.63, 3.8) is 0 Å². The van der Waals surface area contributed by atoms with E-state index in [2.05, 4.69) is 24.2 Å². The zero-order valence-corrected chi connectivity index (χ0v) is 21.3. The predicted molar refractivity (Wildman–Crippen MR) is 130 cm³/mol. The van der Waals surface area contributed by atoms with Crippen molar-refractivity contribution in [3.8, 4) is 0 Å². The molecule has 1 aromatic carbocycles. The smallest absolute Gasteiger partial charge is 0.248 e. The van der Waals surface area contributed by atoms with Gasteiger partial charge in [-0.2, -0.15) is 4.31 Å². The number of nitrogens with zero attached hydrogens (tertiary/aromatic N) is 3. The Balaban J connectivity index is 1.91. The van der Waals surface area contributed by atoms with Crippen LogP contribution in [-0.4, -0.2) is 54.9 Å². The van der Waals surface area contributed by atoms with Gasteiger partial charge in [-0.1, -0.05) is 28.9 Å². The summed E-state index contributed by atoms with van der Waals surface area (Å²) < 4.78 is 34.1. The largest absolute Gasteiger partial charge is 0.355 e. The molecule has 0 saturated carbocycles. The first kappa shape index (κ1) is 25.2. The molecule has 2 heterocycles. The number of carbonyl (C=O) groups is 1. The first-order chi connectivity index (χ1) is 15.6. The lowest BCUT2D eigenvalue weighted by molar-refractivity contribution is -0.136. The minimum Gasteiger partial charge on any atom is -0.355 e. The SMILES string of the molecule is CCN(CC)C(=O)[C@H]1CCCN(S(=O)(=O)c2c(C)noc2/C=C/c2c(C)cc(C)cc2C)C1. The average molecular weight is 474 g/mol. The summed E-state index contributed by atoms with van der Waals surface area (Å²) in [4.78, 5) is 14.7. The molecule has 1 saturated heterocycles. The maximum atomic E-state index is 13.6. The number of benzene rings is 1. The van der Waals surface area contributed by atoms with Gasteiger partial charge in [-0.3, -0.25) is 4.79 Å². The van der Waals surface area contributed by atoms with E-state index in [0.29, 0.717) is 38.2 Å². The Morgan fingerprint density at radius 1 is 1.15 bits per heavy atom. The number of hydrogen-bond donors (Lipinski definition) is 0. The number of aromatic nitrogens is 1. The van der Waals surface area contributed by atoms with Gasteiger partial charge in [-0.15, -0.1) is 0 Å². The topological polar surface area (TPSA) is 83.7 Å². The van der Waals surface area contributed by atoms with E-state index in [1.807, 2.05) is 33.8 Å². The Kier molecular flexibility index (Phi) is 7.80. The summed E-state index contributed by atoms with van der Waals surface area (Å²) in [5.74, 6) is -0.0955. The number of sulfonamides is 1. The van der Waals surface area contributed by atoms with Gasteiger partial charge in [0.05, 0.1) is 5.92 Å². The minimum absolute atomic E-state index is 0.0207. The van der Waals surface area contributed by atoms with Crippen LogP contribution in [0.1, 0.15) is 60.4 Å². The molecule has 1 aliphatic rings. The third-order valence-corrected chi connectivity index (χ3v) is 8.40. The summed E-state index contributed by atoms with van der Waals surface area (Å²) in [6.45, 7) is 13.4. The molecule has 0 spiro atoms. The van der Waals surface area contributed by atoms with Gasteiger partial charge in [0.15, 0.2) is 10.7 Å². The van der Waals surface area contributed by atoms with E-state index in [1.54, 1.807) is 17.9 Å². The Hall–Kier alpha value is -2.45. The number of hydrogen-bond acceptors (Lipinski definition) is 5. The molecule has 0 unspecified atom stereocenters. The third-order valence-electron chi connectivity index (χ3n) is 6.38. The molecule has 1 fully saturated rings. The van der Waals surface area contributed by atoms with E-state index in [9.17, 15) is 13.2 Å². The van der Waals surface area contributed by atoms with Gasteiger partial charge in [0.2, 0.25) is 15.9 Å². The molecule has 0 N–H and O–H groups in total. The zero-order chi connectivity index (χ0) is 24.3. The fourth-order valence-corrected chi connectivity index (χ4v) is 6.47. The van der Waals surface area contributed by atoms with E-state index >= 15 is 0 Å². The van der Waals surface area contributed by atoms with E-state index in [-0.39, 0.29) is 29.0 Å². The number of rotatable bonds is 7. The van der Waals surface area contributed by atoms with Crippen LogP contribution in [0.3, 0.4) is 0 Å². The second kappa shape index (κ2) is 10.2. The second-order valence-corrected chi connectivity index (χ2v) is 10.7. The number of amides is 1. The number of piperidine rings is 1. The van der Waals surface area contributed by atoms with Gasteiger partial charge in [0, 0.05) is 26.2 Å². The van der Waals surface area contributed by atoms with E-state index < -0.39 is 10.0 Å². The molecular weight excluding hydrogens is 438 g/mol. The van der Waals surface area contributed by atoms with Crippen LogP contribution in [0.2, 0.25) is 0 Å². The van der Waals surface area contributed by atoms with E-state index in [1.165, 1.54) is 9.87 Å². The molecule has 1 aliphatic heterocycles. The van der Waals surface area contributed by atoms with Crippen molar-refractivity contribution in [2.24, 2.45) is 5.92 Å². The van der Waals surface area contributed by atoms with Crippen molar-refractivity contribution in [2.45, 2.75) is 59.3 Å². The van der Waals surface area contributed by atoms with Crippen LogP contribution < -0.4 is 0 Å². The van der Waals surface area contributed by atoms with Crippen molar-refractivity contribution in [3.05, 3.63) is 45.8 Å². The lowest BCUT2D eigenvalue weighted by Gasteiger charge is -2.33. The highest BCUT2D eigenvalue weighted by Crippen LogP contribution is 2.30. The summed E-state index contributed by atoms with van der Waals surface area (Å²) in [5.41, 5.74) is 4.75. The van der Waals surface area contributed by atoms with Crippen molar-refractivity contribution in [1.82, 2.24) is 14.4 Å². The molecule has 1 atom stereocenters. The van der Waals surface area contributed by atoms with Crippen molar-refractivity contribution < 1.29 is 17.7 Å². The Bertz CT molecular complexity index is 1120. The molecule has 0 aliphatic carbocycles. The van der Waals surface area contributed by atoms with Crippen LogP contribution >= 0.6 is 0 Å². The first-order valence-corrected chi connectivity index (χ1v) is 13.0. The summed E-state index contributed by atoms with van der Waals surface area (Å²) in [5, 5.41) is 3.95. The maximum Gasteiger partial charge on any atom is 0.248 e. The molecule has 180 valence electrons. The maximum absolute atomic E-state index is 13.6. The minimum atomic E-state index is -3.86. The van der Waals surface area contributed by atoms with Gasteiger partial charge in [-0.25, -0.2) is 8.42 Å². The van der Waals surface area contributed by atoms with Gasteiger partial charge >= 0.3 is 0 Å². The van der Waals surface area contributed by atoms with Crippen LogP contribution in [0.5, 0.6) is 0 Å². The summed E-state index contributed by atoms with van der Waals surface area (Å²) >= 11 is 0. The molecule has 8 heteroatoms. The molecule has 1 aromatic heterocycles. The Morgan fingerprint density at radius 3 is 2.39 bits per heavy atom. The highest BCUT2D eigenvalue weighted by Gasteiger charge is 2.37. The molecule has 3 rings (SSSR count). The van der Waals surface area contributed by atoms with Gasteiger partial charge in [0.25, 0.3) is 0 Å². The second-order valence-electron chi connectivity index (χ2n) is 8.82. The zero-order valence-electron chi connectivity index (χ0n) is 20.5. The third kappa shape index (κ3) is 5.22. The lowest BCUT2D eigenvalue weighted by atomic mass is 9.98. The van der Waals surface area contributed by atoms with Crippen LogP contribution in [0.4, 0.5) is 0 Å². The monoisotopic (exact) mass is 473 g/mol. The highest BCUT2D eigenvalue weighted by atomic mass is 32.2. The van der Waals surface area contributed by atoms with Crippen LogP contribution in [0.25, 0.3) is 12.2 Å². The molecule has 2 aromatic rings. The Labute approximate surface area is 197 Å². The molecular formula is C25H35N3O4S. The number of carbonyl (C=O) groups excluding carboxylic acids is 1. The van der Waals surface area contributed by atoms with E-state index in [4.69, 9.17) is 4.52 Å². The number of aryl methyl sites for hydroxylation is 4. The predicted octanol–water partition coefficient (Wildman–Crippen LogP) is 4.35. The van der Waals surface area contributed by atoms with Crippen molar-refractivity contribution in [2.75, 3.05) is 26.2 Å². The van der Waals surface area contributed by atoms with Gasteiger partial charge in [-0.05, 0) is 77.2 Å². The normalized spacial score (nSPS) is 17.6.